The highest BCUT2D eigenvalue weighted by Crippen LogP contribution is 2.23. The first-order valence-electron chi connectivity index (χ1n) is 11.5. The molecule has 2 amide bonds. The van der Waals surface area contributed by atoms with Crippen molar-refractivity contribution in [3.8, 4) is 0 Å². The van der Waals surface area contributed by atoms with Gasteiger partial charge in [0.2, 0.25) is 21.8 Å². The van der Waals surface area contributed by atoms with Gasteiger partial charge in [0.15, 0.2) is 0 Å². The monoisotopic (exact) mass is 549 g/mol. The Morgan fingerprint density at radius 2 is 1.76 bits per heavy atom. The molecule has 3 rings (SSSR count). The zero-order valence-corrected chi connectivity index (χ0v) is 22.0. The molecule has 184 valence electrons. The summed E-state index contributed by atoms with van der Waals surface area (Å²) >= 11 is 3.36. The highest BCUT2D eigenvalue weighted by molar-refractivity contribution is 9.10. The lowest BCUT2D eigenvalue weighted by Crippen LogP contribution is -2.53. The molecule has 1 atom stereocenters. The van der Waals surface area contributed by atoms with Crippen LogP contribution in [-0.4, -0.2) is 56.6 Å². The maximum Gasteiger partial charge on any atom is 0.244 e. The quantitative estimate of drug-likeness (QED) is 0.489. The molecule has 9 heteroatoms. The van der Waals surface area contributed by atoms with E-state index in [-0.39, 0.29) is 18.5 Å². The van der Waals surface area contributed by atoms with E-state index in [1.807, 2.05) is 30.3 Å². The number of carbonyl (C=O) groups is 2. The fourth-order valence-electron chi connectivity index (χ4n) is 4.21. The molecule has 0 saturated heterocycles. The Morgan fingerprint density at radius 3 is 2.38 bits per heavy atom. The second kappa shape index (κ2) is 11.8. The van der Waals surface area contributed by atoms with Crippen molar-refractivity contribution in [3.63, 3.8) is 0 Å². The van der Waals surface area contributed by atoms with Crippen LogP contribution in [0.25, 0.3) is 0 Å². The van der Waals surface area contributed by atoms with E-state index in [1.165, 1.54) is 4.90 Å². The van der Waals surface area contributed by atoms with Gasteiger partial charge in [0.25, 0.3) is 0 Å². The Morgan fingerprint density at radius 1 is 1.09 bits per heavy atom. The smallest absolute Gasteiger partial charge is 0.244 e. The van der Waals surface area contributed by atoms with Gasteiger partial charge in [-0.2, -0.15) is 0 Å². The summed E-state index contributed by atoms with van der Waals surface area (Å²) in [6.07, 6.45) is 5.70. The van der Waals surface area contributed by atoms with Crippen LogP contribution in [0.5, 0.6) is 0 Å². The average Bonchev–Trinajstić information content (AvgIpc) is 3.30. The van der Waals surface area contributed by atoms with Crippen LogP contribution in [0.4, 0.5) is 5.69 Å². The molecule has 1 aliphatic carbocycles. The normalized spacial score (nSPS) is 15.0. The number of hydrogen-bond acceptors (Lipinski definition) is 4. The largest absolute Gasteiger partial charge is 0.352 e. The lowest BCUT2D eigenvalue weighted by molar-refractivity contribution is -0.139. The third-order valence-corrected chi connectivity index (χ3v) is 7.76. The first kappa shape index (κ1) is 26.2. The number of benzene rings is 2. The van der Waals surface area contributed by atoms with Gasteiger partial charge in [-0.05, 0) is 49.9 Å². The van der Waals surface area contributed by atoms with Crippen LogP contribution >= 0.6 is 15.9 Å². The minimum Gasteiger partial charge on any atom is -0.352 e. The van der Waals surface area contributed by atoms with Gasteiger partial charge in [-0.3, -0.25) is 13.9 Å². The summed E-state index contributed by atoms with van der Waals surface area (Å²) in [6, 6.07) is 15.9. The predicted molar refractivity (Wildman–Crippen MR) is 138 cm³/mol. The van der Waals surface area contributed by atoms with Gasteiger partial charge in [0, 0.05) is 17.1 Å². The van der Waals surface area contributed by atoms with E-state index in [9.17, 15) is 18.0 Å². The van der Waals surface area contributed by atoms with E-state index < -0.39 is 22.0 Å². The molecule has 1 unspecified atom stereocenters. The molecule has 0 spiro atoms. The van der Waals surface area contributed by atoms with Crippen LogP contribution < -0.4 is 9.62 Å². The zero-order chi connectivity index (χ0) is 24.7. The molecule has 0 radical (unpaired) electrons. The van der Waals surface area contributed by atoms with Crippen molar-refractivity contribution in [1.29, 1.82) is 0 Å². The molecule has 1 fully saturated rings. The molecular formula is C25H32BrN3O4S. The third kappa shape index (κ3) is 7.30. The molecular weight excluding hydrogens is 518 g/mol. The Kier molecular flexibility index (Phi) is 9.13. The van der Waals surface area contributed by atoms with Gasteiger partial charge < -0.3 is 10.2 Å². The Bertz CT molecular complexity index is 1090. The fraction of sp³-hybridized carbons (Fsp3) is 0.440. The number of amides is 2. The summed E-state index contributed by atoms with van der Waals surface area (Å²) in [5, 5.41) is 3.06. The van der Waals surface area contributed by atoms with Gasteiger partial charge >= 0.3 is 0 Å². The molecule has 7 nitrogen and oxygen atoms in total. The molecule has 0 bridgehead atoms. The third-order valence-electron chi connectivity index (χ3n) is 6.13. The number of hydrogen-bond donors (Lipinski definition) is 1. The first-order chi connectivity index (χ1) is 16.1. The summed E-state index contributed by atoms with van der Waals surface area (Å²) < 4.78 is 26.9. The van der Waals surface area contributed by atoms with E-state index in [1.54, 1.807) is 31.2 Å². The van der Waals surface area contributed by atoms with Crippen molar-refractivity contribution >= 4 is 43.5 Å². The molecule has 0 heterocycles. The maximum atomic E-state index is 13.5. The topological polar surface area (TPSA) is 86.8 Å². The second-order valence-corrected chi connectivity index (χ2v) is 11.6. The highest BCUT2D eigenvalue weighted by atomic mass is 79.9. The number of anilines is 1. The van der Waals surface area contributed by atoms with E-state index in [0.717, 1.165) is 41.8 Å². The van der Waals surface area contributed by atoms with Crippen LogP contribution in [0.2, 0.25) is 0 Å². The van der Waals surface area contributed by atoms with Crippen molar-refractivity contribution in [2.24, 2.45) is 0 Å². The minimum absolute atomic E-state index is 0.134. The van der Waals surface area contributed by atoms with E-state index >= 15 is 0 Å². The molecule has 1 saturated carbocycles. The number of nitrogens with one attached hydrogen (secondary N) is 1. The molecule has 1 N–H and O–H groups in total. The molecule has 0 aliphatic heterocycles. The Hall–Kier alpha value is -2.39. The molecule has 2 aromatic rings. The highest BCUT2D eigenvalue weighted by Gasteiger charge is 2.31. The summed E-state index contributed by atoms with van der Waals surface area (Å²) in [6.45, 7) is 1.63. The van der Waals surface area contributed by atoms with Crippen molar-refractivity contribution in [2.45, 2.75) is 51.1 Å². The van der Waals surface area contributed by atoms with Crippen molar-refractivity contribution in [1.82, 2.24) is 10.2 Å². The Labute approximate surface area is 210 Å². The van der Waals surface area contributed by atoms with Crippen LogP contribution in [-0.2, 0) is 26.0 Å². The molecule has 34 heavy (non-hydrogen) atoms. The van der Waals surface area contributed by atoms with E-state index in [0.29, 0.717) is 23.1 Å². The lowest BCUT2D eigenvalue weighted by atomic mass is 10.1. The van der Waals surface area contributed by atoms with E-state index in [2.05, 4.69) is 21.2 Å². The molecule has 1 aliphatic rings. The fourth-order valence-corrected chi connectivity index (χ4v) is 5.44. The lowest BCUT2D eigenvalue weighted by Gasteiger charge is -2.32. The van der Waals surface area contributed by atoms with Gasteiger partial charge in [0.05, 0.1) is 11.9 Å². The summed E-state index contributed by atoms with van der Waals surface area (Å²) in [4.78, 5) is 28.0. The summed E-state index contributed by atoms with van der Waals surface area (Å²) in [7, 11) is -3.73. The maximum absolute atomic E-state index is 13.5. The summed E-state index contributed by atoms with van der Waals surface area (Å²) in [5.74, 6) is -0.628. The SMILES string of the molecule is CC(C(=O)NC1CCCC1)N(CCc1ccccc1)C(=O)CN(c1cccc(Br)c1)S(C)(=O)=O. The van der Waals surface area contributed by atoms with Crippen molar-refractivity contribution in [2.75, 3.05) is 23.7 Å². The molecule has 0 aromatic heterocycles. The van der Waals surface area contributed by atoms with Gasteiger partial charge in [0.1, 0.15) is 12.6 Å². The van der Waals surface area contributed by atoms with Crippen LogP contribution in [0.15, 0.2) is 59.1 Å². The number of nitrogens with zero attached hydrogens (tertiary/aromatic N) is 2. The van der Waals surface area contributed by atoms with Gasteiger partial charge in [-0.1, -0.05) is 65.2 Å². The van der Waals surface area contributed by atoms with Crippen LogP contribution in [0, 0.1) is 0 Å². The summed E-state index contributed by atoms with van der Waals surface area (Å²) in [5.41, 5.74) is 1.42. The van der Waals surface area contributed by atoms with E-state index in [4.69, 9.17) is 0 Å². The van der Waals surface area contributed by atoms with Crippen LogP contribution in [0.1, 0.15) is 38.2 Å². The van der Waals surface area contributed by atoms with Crippen molar-refractivity contribution < 1.29 is 18.0 Å². The van der Waals surface area contributed by atoms with Crippen LogP contribution in [0.3, 0.4) is 0 Å². The van der Waals surface area contributed by atoms with Crippen molar-refractivity contribution in [3.05, 3.63) is 64.6 Å². The zero-order valence-electron chi connectivity index (χ0n) is 19.6. The standard InChI is InChI=1S/C25H32BrN3O4S/c1-19(25(31)27-22-12-6-7-13-22)28(16-15-20-9-4-3-5-10-20)24(30)18-29(34(2,32)33)23-14-8-11-21(26)17-23/h3-5,8-11,14,17,19,22H,6-7,12-13,15-16,18H2,1-2H3,(H,27,31). The number of rotatable bonds is 10. The molecule has 2 aromatic carbocycles. The van der Waals surface area contributed by atoms with Gasteiger partial charge in [-0.15, -0.1) is 0 Å². The Balaban J connectivity index is 1.81. The number of halogens is 1. The minimum atomic E-state index is -3.73. The number of carbonyl (C=O) groups excluding carboxylic acids is 2. The second-order valence-electron chi connectivity index (χ2n) is 8.74. The predicted octanol–water partition coefficient (Wildman–Crippen LogP) is 3.73. The first-order valence-corrected chi connectivity index (χ1v) is 14.2. The average molecular weight is 551 g/mol. The number of sulfonamides is 1. The van der Waals surface area contributed by atoms with Gasteiger partial charge in [-0.25, -0.2) is 8.42 Å².